The Bertz CT molecular complexity index is 1120. The molecule has 2 N–H and O–H groups in total. The number of thioether (sulfide) groups is 1. The van der Waals surface area contributed by atoms with E-state index in [4.69, 9.17) is 0 Å². The first-order chi connectivity index (χ1) is 14.8. The van der Waals surface area contributed by atoms with Gasteiger partial charge in [-0.25, -0.2) is 17.5 Å². The molecule has 3 aromatic rings. The molecular weight excluding hydrogens is 459 g/mol. The molecule has 0 aliphatic heterocycles. The van der Waals surface area contributed by atoms with Gasteiger partial charge in [-0.05, 0) is 29.7 Å². The fourth-order valence-electron chi connectivity index (χ4n) is 2.57. The van der Waals surface area contributed by atoms with Crippen molar-refractivity contribution in [2.75, 3.05) is 23.9 Å². The number of hydrogen-bond acceptors (Lipinski definition) is 8. The van der Waals surface area contributed by atoms with E-state index in [9.17, 15) is 17.6 Å². The van der Waals surface area contributed by atoms with Crippen LogP contribution in [0.1, 0.15) is 21.5 Å². The second-order valence-electron chi connectivity index (χ2n) is 6.68. The third-order valence-electron chi connectivity index (χ3n) is 4.14. The molecule has 0 saturated carbocycles. The van der Waals surface area contributed by atoms with E-state index in [1.165, 1.54) is 35.2 Å². The Morgan fingerprint density at radius 1 is 1.06 bits per heavy atom. The predicted molar refractivity (Wildman–Crippen MR) is 122 cm³/mol. The van der Waals surface area contributed by atoms with Crippen LogP contribution in [0.25, 0.3) is 0 Å². The number of nitrogens with zero attached hydrogens (tertiary/aromatic N) is 2. The van der Waals surface area contributed by atoms with Gasteiger partial charge in [-0.1, -0.05) is 59.5 Å². The molecule has 164 valence electrons. The van der Waals surface area contributed by atoms with Crippen LogP contribution >= 0.6 is 23.1 Å². The van der Waals surface area contributed by atoms with Gasteiger partial charge in [0.05, 0.1) is 12.0 Å². The number of aromatic nitrogens is 2. The van der Waals surface area contributed by atoms with E-state index in [-0.39, 0.29) is 17.4 Å². The summed E-state index contributed by atoms with van der Waals surface area (Å²) in [5.74, 6) is -0.0647. The average Bonchev–Trinajstić information content (AvgIpc) is 3.19. The molecule has 0 atom stereocenters. The summed E-state index contributed by atoms with van der Waals surface area (Å²) >= 11 is 2.67. The lowest BCUT2D eigenvalue weighted by molar-refractivity contribution is 0.102. The van der Waals surface area contributed by atoms with Gasteiger partial charge < -0.3 is 5.32 Å². The normalized spacial score (nSPS) is 11.4. The van der Waals surface area contributed by atoms with Crippen LogP contribution in [0.2, 0.25) is 0 Å². The molecule has 11 heteroatoms. The monoisotopic (exact) mass is 480 g/mol. The van der Waals surface area contributed by atoms with Crippen LogP contribution in [-0.2, 0) is 23.0 Å². The van der Waals surface area contributed by atoms with Gasteiger partial charge in [-0.2, -0.15) is 0 Å². The maximum atomic E-state index is 12.9. The number of sulfonamides is 1. The molecule has 0 bridgehead atoms. The van der Waals surface area contributed by atoms with E-state index in [1.807, 2.05) is 12.1 Å². The summed E-state index contributed by atoms with van der Waals surface area (Å²) < 4.78 is 38.2. The molecular formula is C20H21FN4O3S3. The Morgan fingerprint density at radius 3 is 2.42 bits per heavy atom. The van der Waals surface area contributed by atoms with Crippen molar-refractivity contribution in [1.29, 1.82) is 0 Å². The number of anilines is 1. The van der Waals surface area contributed by atoms with Crippen molar-refractivity contribution >= 4 is 44.0 Å². The molecule has 0 fully saturated rings. The van der Waals surface area contributed by atoms with Crippen LogP contribution in [0.4, 0.5) is 9.52 Å². The Kier molecular flexibility index (Phi) is 8.13. The number of Topliss-reactive ketones (excluding diaryl/α,β-unsaturated/α-hetero) is 1. The maximum absolute atomic E-state index is 12.9. The minimum atomic E-state index is -3.20. The van der Waals surface area contributed by atoms with Crippen LogP contribution in [0.15, 0.2) is 52.9 Å². The van der Waals surface area contributed by atoms with Gasteiger partial charge in [0.15, 0.2) is 10.1 Å². The SMILES string of the molecule is CS(=O)(=O)NCCc1ccc(C(=O)CSc2nnc(NCc3ccc(F)cc3)s2)cc1. The number of benzene rings is 2. The molecule has 0 unspecified atom stereocenters. The second-order valence-corrected chi connectivity index (χ2v) is 10.7. The van der Waals surface area contributed by atoms with E-state index < -0.39 is 10.0 Å². The quantitative estimate of drug-likeness (QED) is 0.321. The lowest BCUT2D eigenvalue weighted by atomic mass is 10.1. The van der Waals surface area contributed by atoms with Gasteiger partial charge in [0, 0.05) is 18.7 Å². The van der Waals surface area contributed by atoms with E-state index in [1.54, 1.807) is 24.3 Å². The molecule has 2 aromatic carbocycles. The summed E-state index contributed by atoms with van der Waals surface area (Å²) in [7, 11) is -3.20. The molecule has 1 aromatic heterocycles. The largest absolute Gasteiger partial charge is 0.356 e. The summed E-state index contributed by atoms with van der Waals surface area (Å²) in [6, 6.07) is 13.3. The van der Waals surface area contributed by atoms with E-state index >= 15 is 0 Å². The summed E-state index contributed by atoms with van der Waals surface area (Å²) in [5, 5.41) is 11.9. The number of carbonyl (C=O) groups is 1. The Labute approximate surface area is 188 Å². The standard InChI is InChI=1S/C20H21FN4O3S3/c1-31(27,28)23-11-10-14-2-6-16(7-3-14)18(26)13-29-20-25-24-19(30-20)22-12-15-4-8-17(21)9-5-15/h2-9,23H,10-13H2,1H3,(H,22,24). The van der Waals surface area contributed by atoms with Gasteiger partial charge in [0.2, 0.25) is 15.2 Å². The van der Waals surface area contributed by atoms with E-state index in [2.05, 4.69) is 20.2 Å². The molecule has 0 aliphatic carbocycles. The van der Waals surface area contributed by atoms with Crippen molar-refractivity contribution in [3.63, 3.8) is 0 Å². The van der Waals surface area contributed by atoms with Gasteiger partial charge in [-0.15, -0.1) is 10.2 Å². The highest BCUT2D eigenvalue weighted by Crippen LogP contribution is 2.26. The highest BCUT2D eigenvalue weighted by Gasteiger charge is 2.10. The van der Waals surface area contributed by atoms with Crippen molar-refractivity contribution in [2.24, 2.45) is 0 Å². The molecule has 1 heterocycles. The summed E-state index contributed by atoms with van der Waals surface area (Å²) in [6.45, 7) is 0.821. The zero-order valence-corrected chi connectivity index (χ0v) is 19.1. The molecule has 7 nitrogen and oxygen atoms in total. The Hall–Kier alpha value is -2.34. The van der Waals surface area contributed by atoms with Gasteiger partial charge >= 0.3 is 0 Å². The van der Waals surface area contributed by atoms with Crippen molar-refractivity contribution in [3.05, 3.63) is 71.0 Å². The number of rotatable bonds is 11. The lowest BCUT2D eigenvalue weighted by Gasteiger charge is -2.04. The smallest absolute Gasteiger partial charge is 0.208 e. The van der Waals surface area contributed by atoms with Crippen molar-refractivity contribution in [1.82, 2.24) is 14.9 Å². The number of carbonyl (C=O) groups excluding carboxylic acids is 1. The minimum absolute atomic E-state index is 0.0261. The molecule has 0 spiro atoms. The Morgan fingerprint density at radius 2 is 1.74 bits per heavy atom. The van der Waals surface area contributed by atoms with E-state index in [0.717, 1.165) is 17.4 Å². The van der Waals surface area contributed by atoms with Crippen molar-refractivity contribution in [3.8, 4) is 0 Å². The second kappa shape index (κ2) is 10.8. The summed E-state index contributed by atoms with van der Waals surface area (Å²) in [5.41, 5.74) is 2.46. The van der Waals surface area contributed by atoms with Crippen LogP contribution in [0.5, 0.6) is 0 Å². The third kappa shape index (κ3) is 8.02. The number of halogens is 1. The van der Waals surface area contributed by atoms with Gasteiger partial charge in [0.1, 0.15) is 5.82 Å². The van der Waals surface area contributed by atoms with Gasteiger partial charge in [0.25, 0.3) is 0 Å². The Balaban J connectivity index is 1.44. The van der Waals surface area contributed by atoms with Crippen LogP contribution in [0, 0.1) is 5.82 Å². The first-order valence-electron chi connectivity index (χ1n) is 9.30. The predicted octanol–water partition coefficient (Wildman–Crippen LogP) is 3.36. The topological polar surface area (TPSA) is 101 Å². The summed E-state index contributed by atoms with van der Waals surface area (Å²) in [4.78, 5) is 12.4. The van der Waals surface area contributed by atoms with Crippen LogP contribution in [-0.4, -0.2) is 43.0 Å². The highest BCUT2D eigenvalue weighted by molar-refractivity contribution is 8.01. The first-order valence-corrected chi connectivity index (χ1v) is 13.0. The zero-order chi connectivity index (χ0) is 22.3. The fraction of sp³-hybridized carbons (Fsp3) is 0.250. The summed E-state index contributed by atoms with van der Waals surface area (Å²) in [6.07, 6.45) is 1.67. The zero-order valence-electron chi connectivity index (χ0n) is 16.7. The number of ketones is 1. The minimum Gasteiger partial charge on any atom is -0.356 e. The van der Waals surface area contributed by atoms with Crippen LogP contribution in [0.3, 0.4) is 0 Å². The third-order valence-corrected chi connectivity index (χ3v) is 6.89. The molecule has 0 saturated heterocycles. The molecule has 31 heavy (non-hydrogen) atoms. The number of hydrogen-bond donors (Lipinski definition) is 2. The molecule has 0 amide bonds. The molecule has 0 aliphatic rings. The van der Waals surface area contributed by atoms with Gasteiger partial charge in [-0.3, -0.25) is 4.79 Å². The highest BCUT2D eigenvalue weighted by atomic mass is 32.2. The van der Waals surface area contributed by atoms with Crippen molar-refractivity contribution in [2.45, 2.75) is 17.3 Å². The first kappa shape index (κ1) is 23.3. The maximum Gasteiger partial charge on any atom is 0.208 e. The fourth-order valence-corrected chi connectivity index (χ4v) is 4.68. The van der Waals surface area contributed by atoms with Crippen molar-refractivity contribution < 1.29 is 17.6 Å². The average molecular weight is 481 g/mol. The lowest BCUT2D eigenvalue weighted by Crippen LogP contribution is -2.24. The molecule has 3 rings (SSSR count). The molecule has 0 radical (unpaired) electrons. The van der Waals surface area contributed by atoms with Crippen LogP contribution < -0.4 is 10.0 Å². The van der Waals surface area contributed by atoms with E-state index in [0.29, 0.717) is 34.5 Å². The number of nitrogens with one attached hydrogen (secondary N) is 2.